The van der Waals surface area contributed by atoms with Gasteiger partial charge in [0.1, 0.15) is 5.76 Å². The summed E-state index contributed by atoms with van der Waals surface area (Å²) in [4.78, 5) is 19.5. The molecule has 0 spiro atoms. The smallest absolute Gasteiger partial charge is 0.274 e. The highest BCUT2D eigenvalue weighted by atomic mass is 79.9. The predicted molar refractivity (Wildman–Crippen MR) is 116 cm³/mol. The van der Waals surface area contributed by atoms with Gasteiger partial charge in [-0.2, -0.15) is 5.10 Å². The van der Waals surface area contributed by atoms with Crippen molar-refractivity contribution in [3.8, 4) is 0 Å². The molecule has 4 rings (SSSR count). The molecular formula is C22H25BrN4O2. The minimum Gasteiger partial charge on any atom is -0.497 e. The molecule has 3 heterocycles. The molecule has 2 aliphatic rings. The highest BCUT2D eigenvalue weighted by molar-refractivity contribution is 9.10. The molecule has 0 radical (unpaired) electrons. The normalized spacial score (nSPS) is 20.0. The number of allylic oxidation sites excluding steroid dienone is 2. The molecule has 29 heavy (non-hydrogen) atoms. The average Bonchev–Trinajstić information content (AvgIpc) is 3.15. The van der Waals surface area contributed by atoms with Gasteiger partial charge in [-0.05, 0) is 65.8 Å². The van der Waals surface area contributed by atoms with E-state index in [1.54, 1.807) is 23.9 Å². The van der Waals surface area contributed by atoms with Crippen LogP contribution in [-0.4, -0.2) is 45.1 Å². The lowest BCUT2D eigenvalue weighted by atomic mass is 9.83. The number of nitrogens with zero attached hydrogens (tertiary/aromatic N) is 4. The van der Waals surface area contributed by atoms with Crippen molar-refractivity contribution >= 4 is 27.5 Å². The second-order valence-electron chi connectivity index (χ2n) is 7.44. The average molecular weight is 457 g/mol. The summed E-state index contributed by atoms with van der Waals surface area (Å²) >= 11 is 3.39. The first-order chi connectivity index (χ1) is 14.0. The van der Waals surface area contributed by atoms with Crippen molar-refractivity contribution in [3.05, 3.63) is 63.3 Å². The molecule has 0 saturated heterocycles. The summed E-state index contributed by atoms with van der Waals surface area (Å²) in [5.74, 6) is 0.897. The number of rotatable bonds is 4. The molecule has 0 fully saturated rings. The Morgan fingerprint density at radius 2 is 2.21 bits per heavy atom. The summed E-state index contributed by atoms with van der Waals surface area (Å²) in [7, 11) is 1.72. The third kappa shape index (κ3) is 3.75. The molecule has 1 aliphatic heterocycles. The van der Waals surface area contributed by atoms with Gasteiger partial charge in [-0.3, -0.25) is 4.79 Å². The van der Waals surface area contributed by atoms with E-state index in [0.29, 0.717) is 11.3 Å². The quantitative estimate of drug-likeness (QED) is 0.626. The SMILES string of the molecule is CC/C=C(\OC)C1=CC2=C(CC1)CCN(C(=O)c1cc3ncc(Br)cn3n1)C2C. The van der Waals surface area contributed by atoms with Gasteiger partial charge in [0.15, 0.2) is 11.3 Å². The summed E-state index contributed by atoms with van der Waals surface area (Å²) in [6.45, 7) is 4.93. The van der Waals surface area contributed by atoms with E-state index in [0.717, 1.165) is 42.5 Å². The van der Waals surface area contributed by atoms with Crippen LogP contribution >= 0.6 is 15.9 Å². The van der Waals surface area contributed by atoms with Crippen LogP contribution in [0.3, 0.4) is 0 Å². The fourth-order valence-corrected chi connectivity index (χ4v) is 4.50. The topological polar surface area (TPSA) is 59.7 Å². The van der Waals surface area contributed by atoms with E-state index in [9.17, 15) is 4.79 Å². The Bertz CT molecular complexity index is 1050. The van der Waals surface area contributed by atoms with Crippen molar-refractivity contribution in [2.24, 2.45) is 0 Å². The highest BCUT2D eigenvalue weighted by Crippen LogP contribution is 2.36. The molecule has 1 atom stereocenters. The molecule has 0 bridgehead atoms. The Balaban J connectivity index is 1.62. The second kappa shape index (κ2) is 8.14. The molecular weight excluding hydrogens is 432 g/mol. The number of hydrogen-bond donors (Lipinski definition) is 0. The van der Waals surface area contributed by atoms with E-state index in [2.05, 4.69) is 52.0 Å². The number of fused-ring (bicyclic) bond motifs is 1. The lowest BCUT2D eigenvalue weighted by Gasteiger charge is -2.38. The lowest BCUT2D eigenvalue weighted by molar-refractivity contribution is 0.0701. The number of amides is 1. The molecule has 6 nitrogen and oxygen atoms in total. The fraction of sp³-hybridized carbons (Fsp3) is 0.409. The number of aromatic nitrogens is 3. The van der Waals surface area contributed by atoms with Gasteiger partial charge >= 0.3 is 0 Å². The summed E-state index contributed by atoms with van der Waals surface area (Å²) in [5, 5.41) is 4.44. The van der Waals surface area contributed by atoms with Crippen molar-refractivity contribution < 1.29 is 9.53 Å². The minimum absolute atomic E-state index is 0.00536. The van der Waals surface area contributed by atoms with Gasteiger partial charge < -0.3 is 9.64 Å². The first kappa shape index (κ1) is 19.9. The molecule has 152 valence electrons. The first-order valence-corrected chi connectivity index (χ1v) is 10.8. The number of ether oxygens (including phenoxy) is 1. The molecule has 1 unspecified atom stereocenters. The summed E-state index contributed by atoms with van der Waals surface area (Å²) in [6.07, 6.45) is 11.7. The predicted octanol–water partition coefficient (Wildman–Crippen LogP) is 4.68. The van der Waals surface area contributed by atoms with Crippen LogP contribution < -0.4 is 0 Å². The van der Waals surface area contributed by atoms with Gasteiger partial charge in [-0.25, -0.2) is 9.50 Å². The van der Waals surface area contributed by atoms with E-state index in [-0.39, 0.29) is 11.9 Å². The highest BCUT2D eigenvalue weighted by Gasteiger charge is 2.32. The third-order valence-electron chi connectivity index (χ3n) is 5.69. The standard InChI is InChI=1S/C22H25BrN4O2/c1-4-5-20(29-3)16-7-6-15-8-9-26(14(2)18(15)10-16)22(28)19-11-21-24-12-17(23)13-27(21)25-19/h5,10-14H,4,6-9H2,1-3H3/b20-5-. The van der Waals surface area contributed by atoms with Gasteiger partial charge in [0, 0.05) is 25.0 Å². The van der Waals surface area contributed by atoms with Crippen LogP contribution in [0.15, 0.2) is 57.6 Å². The van der Waals surface area contributed by atoms with Crippen LogP contribution in [0.5, 0.6) is 0 Å². The zero-order chi connectivity index (χ0) is 20.5. The van der Waals surface area contributed by atoms with Crippen molar-refractivity contribution in [1.82, 2.24) is 19.5 Å². The van der Waals surface area contributed by atoms with E-state index in [1.807, 2.05) is 11.1 Å². The maximum atomic E-state index is 13.2. The fourth-order valence-electron chi connectivity index (χ4n) is 4.20. The van der Waals surface area contributed by atoms with Crippen LogP contribution in [0, 0.1) is 0 Å². The minimum atomic E-state index is -0.0535. The second-order valence-corrected chi connectivity index (χ2v) is 8.35. The molecule has 0 aromatic carbocycles. The maximum absolute atomic E-state index is 13.2. The molecule has 1 amide bonds. The number of halogens is 1. The number of carbonyl (C=O) groups excluding carboxylic acids is 1. The van der Waals surface area contributed by atoms with Crippen molar-refractivity contribution in [1.29, 1.82) is 0 Å². The number of carbonyl (C=O) groups is 1. The van der Waals surface area contributed by atoms with Gasteiger partial charge in [-0.15, -0.1) is 0 Å². The van der Waals surface area contributed by atoms with E-state index in [1.165, 1.54) is 16.7 Å². The molecule has 2 aromatic rings. The Morgan fingerprint density at radius 3 is 2.97 bits per heavy atom. The molecule has 7 heteroatoms. The van der Waals surface area contributed by atoms with E-state index < -0.39 is 0 Å². The Labute approximate surface area is 179 Å². The van der Waals surface area contributed by atoms with Crippen LogP contribution in [0.4, 0.5) is 0 Å². The molecule has 0 N–H and O–H groups in total. The van der Waals surface area contributed by atoms with E-state index in [4.69, 9.17) is 4.74 Å². The van der Waals surface area contributed by atoms with Crippen molar-refractivity contribution in [2.75, 3.05) is 13.7 Å². The Morgan fingerprint density at radius 1 is 1.38 bits per heavy atom. The first-order valence-electron chi connectivity index (χ1n) is 10.0. The number of hydrogen-bond acceptors (Lipinski definition) is 4. The molecule has 1 aliphatic carbocycles. The molecule has 2 aromatic heterocycles. The summed E-state index contributed by atoms with van der Waals surface area (Å²) in [5.41, 5.74) is 5.01. The molecule has 0 saturated carbocycles. The summed E-state index contributed by atoms with van der Waals surface area (Å²) in [6, 6.07) is 1.76. The lowest BCUT2D eigenvalue weighted by Crippen LogP contribution is -2.44. The Kier molecular flexibility index (Phi) is 5.58. The van der Waals surface area contributed by atoms with Crippen molar-refractivity contribution in [2.45, 2.75) is 45.6 Å². The van der Waals surface area contributed by atoms with Crippen LogP contribution in [-0.2, 0) is 4.74 Å². The van der Waals surface area contributed by atoms with Crippen LogP contribution in [0.2, 0.25) is 0 Å². The van der Waals surface area contributed by atoms with Crippen LogP contribution in [0.1, 0.15) is 50.0 Å². The zero-order valence-corrected chi connectivity index (χ0v) is 18.6. The maximum Gasteiger partial charge on any atom is 0.274 e. The largest absolute Gasteiger partial charge is 0.497 e. The zero-order valence-electron chi connectivity index (χ0n) is 17.0. The van der Waals surface area contributed by atoms with E-state index >= 15 is 0 Å². The van der Waals surface area contributed by atoms with Crippen LogP contribution in [0.25, 0.3) is 5.65 Å². The Hall–Kier alpha value is -2.41. The number of methoxy groups -OCH3 is 1. The third-order valence-corrected chi connectivity index (χ3v) is 6.10. The van der Waals surface area contributed by atoms with Gasteiger partial charge in [0.25, 0.3) is 5.91 Å². The van der Waals surface area contributed by atoms with Gasteiger partial charge in [0.05, 0.1) is 17.6 Å². The summed E-state index contributed by atoms with van der Waals surface area (Å²) < 4.78 is 8.05. The van der Waals surface area contributed by atoms with Crippen molar-refractivity contribution in [3.63, 3.8) is 0 Å². The van der Waals surface area contributed by atoms with Gasteiger partial charge in [0.2, 0.25) is 0 Å². The monoisotopic (exact) mass is 456 g/mol. The van der Waals surface area contributed by atoms with Gasteiger partial charge in [-0.1, -0.05) is 18.6 Å².